The lowest BCUT2D eigenvalue weighted by Crippen LogP contribution is -2.41. The Morgan fingerprint density at radius 2 is 2.43 bits per heavy atom. The molecule has 1 aliphatic rings. The SMILES string of the molecule is O=S(=O)(NCC1CCCN(c2nccs2)C1)c1cnc[nH]1. The molecule has 0 aliphatic carbocycles. The van der Waals surface area contributed by atoms with E-state index in [1.807, 2.05) is 5.38 Å². The molecule has 0 radical (unpaired) electrons. The number of aromatic amines is 1. The summed E-state index contributed by atoms with van der Waals surface area (Å²) in [5.74, 6) is 0.292. The number of rotatable bonds is 5. The molecule has 1 atom stereocenters. The molecule has 0 spiro atoms. The smallest absolute Gasteiger partial charge is 0.257 e. The maximum absolute atomic E-state index is 12.0. The number of imidazole rings is 1. The first-order valence-corrected chi connectivity index (χ1v) is 9.14. The summed E-state index contributed by atoms with van der Waals surface area (Å²) in [4.78, 5) is 12.9. The molecule has 3 heterocycles. The molecule has 2 N–H and O–H groups in total. The molecule has 2 aromatic heterocycles. The van der Waals surface area contributed by atoms with E-state index >= 15 is 0 Å². The van der Waals surface area contributed by atoms with Crippen LogP contribution in [0, 0.1) is 5.92 Å². The highest BCUT2D eigenvalue weighted by atomic mass is 32.2. The van der Waals surface area contributed by atoms with Gasteiger partial charge >= 0.3 is 0 Å². The molecule has 0 amide bonds. The summed E-state index contributed by atoms with van der Waals surface area (Å²) in [7, 11) is -3.49. The first-order chi connectivity index (χ1) is 10.1. The normalized spacial score (nSPS) is 19.8. The molecular weight excluding hydrogens is 310 g/mol. The Morgan fingerprint density at radius 3 is 3.14 bits per heavy atom. The number of thiazole rings is 1. The van der Waals surface area contributed by atoms with Gasteiger partial charge in [0.15, 0.2) is 10.2 Å². The summed E-state index contributed by atoms with van der Waals surface area (Å²) in [6, 6.07) is 0. The molecule has 1 saturated heterocycles. The number of hydrogen-bond acceptors (Lipinski definition) is 6. The number of hydrogen-bond donors (Lipinski definition) is 2. The molecule has 1 unspecified atom stereocenters. The van der Waals surface area contributed by atoms with E-state index in [4.69, 9.17) is 0 Å². The van der Waals surface area contributed by atoms with Crippen molar-refractivity contribution < 1.29 is 8.42 Å². The average molecular weight is 327 g/mol. The van der Waals surface area contributed by atoms with Crippen LogP contribution in [0.15, 0.2) is 29.1 Å². The highest BCUT2D eigenvalue weighted by Crippen LogP contribution is 2.24. The minimum Gasteiger partial charge on any atom is -0.348 e. The minimum atomic E-state index is -3.49. The van der Waals surface area contributed by atoms with Crippen molar-refractivity contribution in [3.63, 3.8) is 0 Å². The van der Waals surface area contributed by atoms with Crippen LogP contribution in [-0.2, 0) is 10.0 Å². The Labute approximate surface area is 127 Å². The summed E-state index contributed by atoms with van der Waals surface area (Å²) in [6.07, 6.45) is 6.54. The van der Waals surface area contributed by atoms with Crippen molar-refractivity contribution in [2.45, 2.75) is 17.9 Å². The number of nitrogens with one attached hydrogen (secondary N) is 2. The van der Waals surface area contributed by atoms with Gasteiger partial charge in [-0.25, -0.2) is 23.1 Å². The number of sulfonamides is 1. The van der Waals surface area contributed by atoms with Gasteiger partial charge in [-0.1, -0.05) is 0 Å². The van der Waals surface area contributed by atoms with Crippen LogP contribution >= 0.6 is 11.3 Å². The first kappa shape index (κ1) is 14.5. The van der Waals surface area contributed by atoms with Crippen LogP contribution in [0.25, 0.3) is 0 Å². The quantitative estimate of drug-likeness (QED) is 0.857. The molecule has 2 aromatic rings. The molecule has 0 aromatic carbocycles. The zero-order valence-corrected chi connectivity index (χ0v) is 13.0. The maximum atomic E-state index is 12.0. The van der Waals surface area contributed by atoms with Gasteiger partial charge < -0.3 is 9.88 Å². The Bertz CT molecular complexity index is 654. The van der Waals surface area contributed by atoms with Gasteiger partial charge in [-0.2, -0.15) is 0 Å². The van der Waals surface area contributed by atoms with Crippen LogP contribution in [0.5, 0.6) is 0 Å². The molecule has 9 heteroatoms. The van der Waals surface area contributed by atoms with Gasteiger partial charge in [-0.3, -0.25) is 0 Å². The molecule has 114 valence electrons. The number of anilines is 1. The molecule has 1 fully saturated rings. The van der Waals surface area contributed by atoms with Crippen LogP contribution in [0.3, 0.4) is 0 Å². The molecule has 0 bridgehead atoms. The Balaban J connectivity index is 1.58. The van der Waals surface area contributed by atoms with Gasteiger partial charge in [0.1, 0.15) is 0 Å². The van der Waals surface area contributed by atoms with Crippen molar-refractivity contribution in [2.75, 3.05) is 24.5 Å². The molecular formula is C12H17N5O2S2. The number of piperidine rings is 1. The summed E-state index contributed by atoms with van der Waals surface area (Å²) in [5, 5.41) is 3.08. The van der Waals surface area contributed by atoms with Crippen LogP contribution in [0.4, 0.5) is 5.13 Å². The highest BCUT2D eigenvalue weighted by Gasteiger charge is 2.24. The zero-order valence-electron chi connectivity index (χ0n) is 11.4. The number of H-pyrrole nitrogens is 1. The lowest BCUT2D eigenvalue weighted by Gasteiger charge is -2.32. The van der Waals surface area contributed by atoms with Crippen LogP contribution in [-0.4, -0.2) is 43.0 Å². The molecule has 0 saturated carbocycles. The summed E-state index contributed by atoms with van der Waals surface area (Å²) >= 11 is 1.62. The predicted octanol–water partition coefficient (Wildman–Crippen LogP) is 1.06. The summed E-state index contributed by atoms with van der Waals surface area (Å²) in [5.41, 5.74) is 0. The average Bonchev–Trinajstić information content (AvgIpc) is 3.18. The van der Waals surface area contributed by atoms with E-state index in [-0.39, 0.29) is 5.03 Å². The third kappa shape index (κ3) is 3.42. The van der Waals surface area contributed by atoms with Crippen molar-refractivity contribution in [3.05, 3.63) is 24.1 Å². The lowest BCUT2D eigenvalue weighted by molar-refractivity contribution is 0.410. The third-order valence-electron chi connectivity index (χ3n) is 3.53. The largest absolute Gasteiger partial charge is 0.348 e. The van der Waals surface area contributed by atoms with E-state index < -0.39 is 10.0 Å². The molecule has 1 aliphatic heterocycles. The van der Waals surface area contributed by atoms with Gasteiger partial charge in [0.25, 0.3) is 10.0 Å². The molecule has 3 rings (SSSR count). The van der Waals surface area contributed by atoms with E-state index in [9.17, 15) is 8.42 Å². The van der Waals surface area contributed by atoms with Crippen molar-refractivity contribution in [2.24, 2.45) is 5.92 Å². The van der Waals surface area contributed by atoms with Gasteiger partial charge in [0.2, 0.25) is 0 Å². The fourth-order valence-corrected chi connectivity index (χ4v) is 4.17. The fourth-order valence-electron chi connectivity index (χ4n) is 2.47. The standard InChI is InChI=1S/C12H17N5O2S2/c18-21(19,11-7-13-9-15-11)16-6-10-2-1-4-17(8-10)12-14-3-5-20-12/h3,5,7,9-10,16H,1-2,4,6,8H2,(H,13,15). The van der Waals surface area contributed by atoms with Gasteiger partial charge in [0.05, 0.1) is 12.5 Å². The maximum Gasteiger partial charge on any atom is 0.257 e. The van der Waals surface area contributed by atoms with Crippen molar-refractivity contribution in [3.8, 4) is 0 Å². The van der Waals surface area contributed by atoms with E-state index in [1.54, 1.807) is 17.5 Å². The minimum absolute atomic E-state index is 0.107. The second-order valence-electron chi connectivity index (χ2n) is 5.04. The topological polar surface area (TPSA) is 91.0 Å². The third-order valence-corrected chi connectivity index (χ3v) is 5.71. The van der Waals surface area contributed by atoms with E-state index in [0.29, 0.717) is 12.5 Å². The lowest BCUT2D eigenvalue weighted by atomic mass is 9.99. The van der Waals surface area contributed by atoms with Crippen LogP contribution in [0.1, 0.15) is 12.8 Å². The van der Waals surface area contributed by atoms with Crippen molar-refractivity contribution >= 4 is 26.5 Å². The van der Waals surface area contributed by atoms with Gasteiger partial charge in [-0.05, 0) is 18.8 Å². The molecule has 21 heavy (non-hydrogen) atoms. The van der Waals surface area contributed by atoms with E-state index in [0.717, 1.165) is 31.1 Å². The second kappa shape index (κ2) is 6.12. The monoisotopic (exact) mass is 327 g/mol. The zero-order chi connectivity index (χ0) is 14.7. The summed E-state index contributed by atoms with van der Waals surface area (Å²) in [6.45, 7) is 2.25. The van der Waals surface area contributed by atoms with Crippen LogP contribution < -0.4 is 9.62 Å². The van der Waals surface area contributed by atoms with E-state index in [2.05, 4.69) is 24.6 Å². The van der Waals surface area contributed by atoms with Crippen molar-refractivity contribution in [1.29, 1.82) is 0 Å². The van der Waals surface area contributed by atoms with E-state index in [1.165, 1.54) is 12.5 Å². The van der Waals surface area contributed by atoms with Crippen LogP contribution in [0.2, 0.25) is 0 Å². The molecule has 7 nitrogen and oxygen atoms in total. The summed E-state index contributed by atoms with van der Waals surface area (Å²) < 4.78 is 26.7. The predicted molar refractivity (Wildman–Crippen MR) is 80.8 cm³/mol. The Hall–Kier alpha value is -1.45. The van der Waals surface area contributed by atoms with Gasteiger partial charge in [-0.15, -0.1) is 11.3 Å². The number of nitrogens with zero attached hydrogens (tertiary/aromatic N) is 3. The fraction of sp³-hybridized carbons (Fsp3) is 0.500. The highest BCUT2D eigenvalue weighted by molar-refractivity contribution is 7.89. The first-order valence-electron chi connectivity index (χ1n) is 6.77. The number of aromatic nitrogens is 3. The Kier molecular flexibility index (Phi) is 4.22. The van der Waals surface area contributed by atoms with Crippen molar-refractivity contribution in [1.82, 2.24) is 19.7 Å². The second-order valence-corrected chi connectivity index (χ2v) is 7.65. The van der Waals surface area contributed by atoms with Gasteiger partial charge in [0, 0.05) is 31.2 Å². The Morgan fingerprint density at radius 1 is 1.52 bits per heavy atom.